The fourth-order valence-corrected chi connectivity index (χ4v) is 2.87. The molecule has 3 aromatic rings. The van der Waals surface area contributed by atoms with Gasteiger partial charge in [0.2, 0.25) is 5.82 Å². The van der Waals surface area contributed by atoms with Crippen LogP contribution < -0.4 is 0 Å². The zero-order valence-electron chi connectivity index (χ0n) is 11.6. The first-order valence-electron chi connectivity index (χ1n) is 7.22. The highest BCUT2D eigenvalue weighted by Crippen LogP contribution is 2.27. The molecule has 0 aliphatic heterocycles. The third-order valence-corrected chi connectivity index (χ3v) is 4.01. The number of aromatic nitrogens is 5. The number of benzene rings is 1. The van der Waals surface area contributed by atoms with E-state index in [-0.39, 0.29) is 0 Å². The summed E-state index contributed by atoms with van der Waals surface area (Å²) in [6, 6.07) is 10.7. The van der Waals surface area contributed by atoms with Gasteiger partial charge in [0.1, 0.15) is 0 Å². The average Bonchev–Trinajstić information content (AvgIpc) is 3.09. The lowest BCUT2D eigenvalue weighted by Gasteiger charge is -2.16. The number of aryl methyl sites for hydroxylation is 2. The zero-order valence-corrected chi connectivity index (χ0v) is 11.6. The molecule has 0 spiro atoms. The number of fused-ring (bicyclic) bond motifs is 1. The maximum Gasteiger partial charge on any atom is 0.206 e. The second kappa shape index (κ2) is 5.09. The molecule has 0 saturated carbocycles. The minimum Gasteiger partial charge on any atom is -0.255 e. The summed E-state index contributed by atoms with van der Waals surface area (Å²) in [5, 5.41) is 13.9. The van der Waals surface area contributed by atoms with Crippen molar-refractivity contribution in [1.82, 2.24) is 25.6 Å². The highest BCUT2D eigenvalue weighted by molar-refractivity contribution is 5.64. The van der Waals surface area contributed by atoms with Gasteiger partial charge in [-0.2, -0.15) is 5.21 Å². The van der Waals surface area contributed by atoms with Gasteiger partial charge >= 0.3 is 0 Å². The normalized spacial score (nSPS) is 13.9. The van der Waals surface area contributed by atoms with Gasteiger partial charge in [-0.1, -0.05) is 12.1 Å². The van der Waals surface area contributed by atoms with E-state index < -0.39 is 0 Å². The van der Waals surface area contributed by atoms with Crippen LogP contribution in [-0.4, -0.2) is 25.6 Å². The van der Waals surface area contributed by atoms with Crippen LogP contribution >= 0.6 is 0 Å². The van der Waals surface area contributed by atoms with E-state index in [1.807, 2.05) is 12.1 Å². The van der Waals surface area contributed by atoms with Crippen LogP contribution in [0.1, 0.15) is 24.0 Å². The smallest absolute Gasteiger partial charge is 0.206 e. The summed E-state index contributed by atoms with van der Waals surface area (Å²) < 4.78 is 0. The summed E-state index contributed by atoms with van der Waals surface area (Å²) in [5.74, 6) is 0.569. The molecule has 0 fully saturated rings. The van der Waals surface area contributed by atoms with Gasteiger partial charge in [0.15, 0.2) is 0 Å². The number of tetrazole rings is 1. The third-order valence-electron chi connectivity index (χ3n) is 4.01. The Bertz CT molecular complexity index is 747. The Morgan fingerprint density at radius 1 is 0.905 bits per heavy atom. The molecule has 104 valence electrons. The number of pyridine rings is 1. The Labute approximate surface area is 122 Å². The predicted molar refractivity (Wildman–Crippen MR) is 79.5 cm³/mol. The van der Waals surface area contributed by atoms with Gasteiger partial charge in [-0.15, -0.1) is 10.2 Å². The van der Waals surface area contributed by atoms with Crippen molar-refractivity contribution in [1.29, 1.82) is 0 Å². The van der Waals surface area contributed by atoms with E-state index in [0.29, 0.717) is 5.82 Å². The van der Waals surface area contributed by atoms with Crippen LogP contribution in [-0.2, 0) is 12.8 Å². The van der Waals surface area contributed by atoms with Crippen LogP contribution in [0.4, 0.5) is 0 Å². The maximum absolute atomic E-state index is 4.53. The molecule has 0 amide bonds. The summed E-state index contributed by atoms with van der Waals surface area (Å²) in [6.45, 7) is 0. The number of hydrogen-bond donors (Lipinski definition) is 1. The molecule has 0 saturated heterocycles. The van der Waals surface area contributed by atoms with Gasteiger partial charge in [0.05, 0.1) is 5.69 Å². The lowest BCUT2D eigenvalue weighted by Crippen LogP contribution is -2.02. The summed E-state index contributed by atoms with van der Waals surface area (Å²) in [7, 11) is 0. The van der Waals surface area contributed by atoms with Crippen LogP contribution in [0.2, 0.25) is 0 Å². The van der Waals surface area contributed by atoms with Crippen molar-refractivity contribution in [2.75, 3.05) is 0 Å². The van der Waals surface area contributed by atoms with Crippen molar-refractivity contribution in [3.63, 3.8) is 0 Å². The molecule has 1 aromatic carbocycles. The van der Waals surface area contributed by atoms with Gasteiger partial charge < -0.3 is 0 Å². The molecule has 0 atom stereocenters. The molecular formula is C16H15N5. The lowest BCUT2D eigenvalue weighted by molar-refractivity contribution is 0.686. The van der Waals surface area contributed by atoms with Crippen LogP contribution in [0.5, 0.6) is 0 Å². The number of aromatic amines is 1. The number of rotatable bonds is 2. The minimum absolute atomic E-state index is 0.569. The van der Waals surface area contributed by atoms with Crippen molar-refractivity contribution >= 4 is 0 Å². The van der Waals surface area contributed by atoms with Gasteiger partial charge in [0, 0.05) is 17.3 Å². The number of nitrogens with zero attached hydrogens (tertiary/aromatic N) is 4. The predicted octanol–water partition coefficient (Wildman–Crippen LogP) is 2.81. The molecule has 0 radical (unpaired) electrons. The average molecular weight is 277 g/mol. The van der Waals surface area contributed by atoms with Crippen LogP contribution in [0.25, 0.3) is 22.6 Å². The van der Waals surface area contributed by atoms with Gasteiger partial charge in [-0.05, 0) is 60.2 Å². The summed E-state index contributed by atoms with van der Waals surface area (Å²) >= 11 is 0. The first kappa shape index (κ1) is 12.2. The first-order chi connectivity index (χ1) is 10.4. The van der Waals surface area contributed by atoms with E-state index >= 15 is 0 Å². The molecule has 5 nitrogen and oxygen atoms in total. The Morgan fingerprint density at radius 3 is 2.52 bits per heavy atom. The molecule has 21 heavy (non-hydrogen) atoms. The zero-order chi connectivity index (χ0) is 14.1. The molecule has 1 aliphatic rings. The van der Waals surface area contributed by atoms with Crippen LogP contribution in [0, 0.1) is 0 Å². The topological polar surface area (TPSA) is 67.3 Å². The summed E-state index contributed by atoms with van der Waals surface area (Å²) in [5.41, 5.74) is 5.99. The van der Waals surface area contributed by atoms with E-state index in [2.05, 4.69) is 43.8 Å². The second-order valence-corrected chi connectivity index (χ2v) is 5.36. The third kappa shape index (κ3) is 2.31. The molecule has 5 heteroatoms. The SMILES string of the molecule is c1cc2c(cc1-c1ccc(-c3nn[nH]n3)cn1)CCCC2. The van der Waals surface area contributed by atoms with Crippen molar-refractivity contribution in [3.05, 3.63) is 47.7 Å². The second-order valence-electron chi connectivity index (χ2n) is 5.36. The highest BCUT2D eigenvalue weighted by atomic mass is 15.5. The Balaban J connectivity index is 1.67. The number of H-pyrrole nitrogens is 1. The fraction of sp³-hybridized carbons (Fsp3) is 0.250. The van der Waals surface area contributed by atoms with E-state index in [4.69, 9.17) is 0 Å². The summed E-state index contributed by atoms with van der Waals surface area (Å²) in [6.07, 6.45) is 6.79. The molecule has 0 bridgehead atoms. The molecule has 0 unspecified atom stereocenters. The number of nitrogens with one attached hydrogen (secondary N) is 1. The molecule has 2 heterocycles. The maximum atomic E-state index is 4.53. The standard InChI is InChI=1S/C16H15N5/c1-2-4-12-9-13(6-5-11(12)3-1)15-8-7-14(10-17-15)16-18-20-21-19-16/h5-10H,1-4H2,(H,18,19,20,21). The lowest BCUT2D eigenvalue weighted by atomic mass is 9.90. The fourth-order valence-electron chi connectivity index (χ4n) is 2.87. The van der Waals surface area contributed by atoms with Crippen molar-refractivity contribution < 1.29 is 0 Å². The number of hydrogen-bond acceptors (Lipinski definition) is 4. The summed E-state index contributed by atoms with van der Waals surface area (Å²) in [4.78, 5) is 4.53. The Hall–Kier alpha value is -2.56. The molecular weight excluding hydrogens is 262 g/mol. The van der Waals surface area contributed by atoms with E-state index in [0.717, 1.165) is 11.3 Å². The Morgan fingerprint density at radius 2 is 1.76 bits per heavy atom. The van der Waals surface area contributed by atoms with Crippen molar-refractivity contribution in [2.24, 2.45) is 0 Å². The van der Waals surface area contributed by atoms with E-state index in [1.54, 1.807) is 6.20 Å². The molecule has 2 aromatic heterocycles. The molecule has 1 aliphatic carbocycles. The van der Waals surface area contributed by atoms with Gasteiger partial charge in [-0.25, -0.2) is 0 Å². The minimum atomic E-state index is 0.569. The Kier molecular flexibility index (Phi) is 2.96. The highest BCUT2D eigenvalue weighted by Gasteiger charge is 2.11. The van der Waals surface area contributed by atoms with Gasteiger partial charge in [0.25, 0.3) is 0 Å². The van der Waals surface area contributed by atoms with Crippen LogP contribution in [0.15, 0.2) is 36.5 Å². The quantitative estimate of drug-likeness (QED) is 0.782. The van der Waals surface area contributed by atoms with Crippen molar-refractivity contribution in [3.8, 4) is 22.6 Å². The van der Waals surface area contributed by atoms with E-state index in [1.165, 1.54) is 42.4 Å². The monoisotopic (exact) mass is 277 g/mol. The van der Waals surface area contributed by atoms with Crippen molar-refractivity contribution in [2.45, 2.75) is 25.7 Å². The largest absolute Gasteiger partial charge is 0.255 e. The first-order valence-corrected chi connectivity index (χ1v) is 7.22. The molecule has 4 rings (SSSR count). The molecule has 1 N–H and O–H groups in total. The van der Waals surface area contributed by atoms with Gasteiger partial charge in [-0.3, -0.25) is 4.98 Å². The van der Waals surface area contributed by atoms with Crippen LogP contribution in [0.3, 0.4) is 0 Å². The van der Waals surface area contributed by atoms with E-state index in [9.17, 15) is 0 Å².